The number of aromatic nitrogens is 5. The van der Waals surface area contributed by atoms with Crippen LogP contribution in [0.3, 0.4) is 0 Å². The van der Waals surface area contributed by atoms with Crippen molar-refractivity contribution < 1.29 is 22.7 Å². The molecule has 0 saturated heterocycles. The monoisotopic (exact) mass is 586 g/mol. The van der Waals surface area contributed by atoms with E-state index >= 15 is 0 Å². The van der Waals surface area contributed by atoms with Gasteiger partial charge < -0.3 is 14.2 Å². The fourth-order valence-electron chi connectivity index (χ4n) is 4.82. The lowest BCUT2D eigenvalue weighted by Gasteiger charge is -2.32. The fourth-order valence-corrected chi connectivity index (χ4v) is 5.43. The van der Waals surface area contributed by atoms with Gasteiger partial charge in [0.15, 0.2) is 0 Å². The van der Waals surface area contributed by atoms with Gasteiger partial charge in [-0.2, -0.15) is 18.3 Å². The number of ether oxygens (including phenoxy) is 1. The highest BCUT2D eigenvalue weighted by Gasteiger charge is 2.36. The highest BCUT2D eigenvalue weighted by molar-refractivity contribution is 8.32. The second-order valence-corrected chi connectivity index (χ2v) is 15.6. The molecule has 4 aromatic rings. The normalized spacial score (nSPS) is 16.2. The molecule has 12 heteroatoms. The zero-order chi connectivity index (χ0) is 29.5. The third kappa shape index (κ3) is 5.89. The number of carbonyl (C=O) groups is 1. The Kier molecular flexibility index (Phi) is 7.73. The van der Waals surface area contributed by atoms with Crippen molar-refractivity contribution in [3.05, 3.63) is 71.9 Å². The number of alkyl halides is 3. The van der Waals surface area contributed by atoms with Crippen molar-refractivity contribution in [2.45, 2.75) is 32.8 Å². The largest absolute Gasteiger partial charge is 0.416 e. The van der Waals surface area contributed by atoms with Gasteiger partial charge in [0.1, 0.15) is 18.2 Å². The van der Waals surface area contributed by atoms with Gasteiger partial charge in [-0.3, -0.25) is 14.5 Å². The molecule has 41 heavy (non-hydrogen) atoms. The van der Waals surface area contributed by atoms with Crippen LogP contribution < -0.4 is 4.90 Å². The Balaban J connectivity index is 1.53. The summed E-state index contributed by atoms with van der Waals surface area (Å²) in [4.78, 5) is 24.6. The van der Waals surface area contributed by atoms with Gasteiger partial charge in [-0.25, -0.2) is 15.0 Å². The van der Waals surface area contributed by atoms with Crippen molar-refractivity contribution in [1.82, 2.24) is 24.3 Å². The zero-order valence-corrected chi connectivity index (χ0v) is 24.5. The first-order valence-corrected chi connectivity index (χ1v) is 16.2. The van der Waals surface area contributed by atoms with Crippen molar-refractivity contribution >= 4 is 21.6 Å². The molecule has 0 saturated carbocycles. The second kappa shape index (κ2) is 11.0. The average Bonchev–Trinajstić information content (AvgIpc) is 3.50. The topological polar surface area (TPSA) is 78.1 Å². The molecule has 0 fully saturated rings. The summed E-state index contributed by atoms with van der Waals surface area (Å²) < 4.78 is 49.1. The number of carbonyl (C=O) groups excluding carboxylic acids is 1. The van der Waals surface area contributed by atoms with E-state index in [-0.39, 0.29) is 25.2 Å². The van der Waals surface area contributed by atoms with E-state index < -0.39 is 21.8 Å². The number of hydrogen-bond donors (Lipinski definition) is 0. The molecular weight excluding hydrogens is 553 g/mol. The summed E-state index contributed by atoms with van der Waals surface area (Å²) in [6.07, 6.45) is 7.33. The lowest BCUT2D eigenvalue weighted by atomic mass is 10.1. The summed E-state index contributed by atoms with van der Waals surface area (Å²) in [5.41, 5.74) is 2.71. The Bertz CT molecular complexity index is 1540. The Labute approximate surface area is 238 Å². The lowest BCUT2D eigenvalue weighted by Crippen LogP contribution is -2.42. The molecule has 5 rings (SSSR count). The van der Waals surface area contributed by atoms with E-state index in [2.05, 4.69) is 28.8 Å². The van der Waals surface area contributed by atoms with Crippen LogP contribution in [0.1, 0.15) is 34.7 Å². The average molecular weight is 587 g/mol. The molecule has 1 aliphatic rings. The number of pyridine rings is 1. The molecule has 1 atom stereocenters. The predicted octanol–water partition coefficient (Wildman–Crippen LogP) is 6.03. The molecule has 1 unspecified atom stereocenters. The third-order valence-corrected chi connectivity index (χ3v) is 8.46. The number of hydrogen-bond acceptors (Lipinski definition) is 5. The van der Waals surface area contributed by atoms with E-state index in [0.717, 1.165) is 29.1 Å². The molecule has 0 aliphatic carbocycles. The fraction of sp³-hybridized carbons (Fsp3) is 0.379. The van der Waals surface area contributed by atoms with Gasteiger partial charge in [0.2, 0.25) is 0 Å². The summed E-state index contributed by atoms with van der Waals surface area (Å²) in [5, 5.41) is 4.52. The summed E-state index contributed by atoms with van der Waals surface area (Å²) in [7, 11) is -0.710. The predicted molar refractivity (Wildman–Crippen MR) is 155 cm³/mol. The molecule has 218 valence electrons. The maximum absolute atomic E-state index is 13.9. The van der Waals surface area contributed by atoms with Crippen LogP contribution >= 0.6 is 10.0 Å². The Morgan fingerprint density at radius 3 is 2.46 bits per heavy atom. The standard InChI is InChI=1S/C29H33F3N6O2S/c1-19-17-36(23-10-8-22(9-11-23)29(30,31)32)28(39)26-24(16-34-38(19)26)25-20(2)37(18-40-13-14-41(3,4)5)27(35-25)21-7-6-12-33-15-21/h6-12,15-16,19H,13-14,17-18H2,1-5H3. The number of rotatable bonds is 8. The van der Waals surface area contributed by atoms with E-state index in [4.69, 9.17) is 9.72 Å². The molecule has 1 aliphatic heterocycles. The quantitative estimate of drug-likeness (QED) is 0.236. The van der Waals surface area contributed by atoms with Crippen LogP contribution in [0.25, 0.3) is 22.6 Å². The SMILES string of the molecule is Cc1c(-c2cnn3c2C(=O)N(c2ccc(C(F)(F)F)cc2)CC3C)nc(-c2cccnc2)n1COCCS(C)(C)C. The summed E-state index contributed by atoms with van der Waals surface area (Å²) in [6.45, 7) is 5.01. The second-order valence-electron chi connectivity index (χ2n) is 11.0. The lowest BCUT2D eigenvalue weighted by molar-refractivity contribution is -0.137. The van der Waals surface area contributed by atoms with Gasteiger partial charge in [0, 0.05) is 41.6 Å². The minimum atomic E-state index is -4.45. The number of anilines is 1. The van der Waals surface area contributed by atoms with Crippen LogP contribution in [0.5, 0.6) is 0 Å². The van der Waals surface area contributed by atoms with Gasteiger partial charge in [-0.15, -0.1) is 0 Å². The van der Waals surface area contributed by atoms with Gasteiger partial charge in [-0.05, 0) is 69.0 Å². The minimum absolute atomic E-state index is 0.206. The highest BCUT2D eigenvalue weighted by atomic mass is 32.3. The summed E-state index contributed by atoms with van der Waals surface area (Å²) >= 11 is 0. The molecule has 1 aromatic carbocycles. The van der Waals surface area contributed by atoms with Crippen LogP contribution in [0.2, 0.25) is 0 Å². The maximum atomic E-state index is 13.9. The van der Waals surface area contributed by atoms with Crippen molar-refractivity contribution in [2.24, 2.45) is 0 Å². The first kappa shape index (κ1) is 28.9. The molecule has 0 N–H and O–H groups in total. The maximum Gasteiger partial charge on any atom is 0.416 e. The van der Waals surface area contributed by atoms with Gasteiger partial charge >= 0.3 is 6.18 Å². The zero-order valence-electron chi connectivity index (χ0n) is 23.6. The Morgan fingerprint density at radius 1 is 1.10 bits per heavy atom. The van der Waals surface area contributed by atoms with Crippen LogP contribution in [0, 0.1) is 6.92 Å². The molecule has 0 radical (unpaired) electrons. The van der Waals surface area contributed by atoms with E-state index in [9.17, 15) is 18.0 Å². The van der Waals surface area contributed by atoms with Crippen molar-refractivity contribution in [2.75, 3.05) is 42.6 Å². The van der Waals surface area contributed by atoms with E-state index in [0.29, 0.717) is 35.1 Å². The van der Waals surface area contributed by atoms with Crippen LogP contribution in [-0.2, 0) is 17.6 Å². The first-order chi connectivity index (χ1) is 19.3. The third-order valence-electron chi connectivity index (χ3n) is 7.07. The Hall–Kier alpha value is -3.64. The molecule has 1 amide bonds. The number of benzene rings is 1. The van der Waals surface area contributed by atoms with Crippen molar-refractivity contribution in [1.29, 1.82) is 0 Å². The molecule has 4 heterocycles. The van der Waals surface area contributed by atoms with E-state index in [1.165, 1.54) is 17.0 Å². The van der Waals surface area contributed by atoms with Crippen molar-refractivity contribution in [3.8, 4) is 22.6 Å². The van der Waals surface area contributed by atoms with Gasteiger partial charge in [0.25, 0.3) is 5.91 Å². The van der Waals surface area contributed by atoms with Gasteiger partial charge in [-0.1, -0.05) is 0 Å². The number of nitrogens with zero attached hydrogens (tertiary/aromatic N) is 6. The smallest absolute Gasteiger partial charge is 0.360 e. The number of amides is 1. The molecule has 0 spiro atoms. The Morgan fingerprint density at radius 2 is 1.83 bits per heavy atom. The highest BCUT2D eigenvalue weighted by Crippen LogP contribution is 2.37. The number of imidazole rings is 1. The van der Waals surface area contributed by atoms with Crippen LogP contribution in [0.15, 0.2) is 55.0 Å². The molecule has 0 bridgehead atoms. The minimum Gasteiger partial charge on any atom is -0.360 e. The molecule has 3 aromatic heterocycles. The molecular formula is C29H33F3N6O2S. The van der Waals surface area contributed by atoms with E-state index in [1.807, 2.05) is 30.5 Å². The van der Waals surface area contributed by atoms with Gasteiger partial charge in [0.05, 0.1) is 35.7 Å². The van der Waals surface area contributed by atoms with Crippen LogP contribution in [-0.4, -0.2) is 67.9 Å². The number of fused-ring (bicyclic) bond motifs is 1. The molecule has 8 nitrogen and oxygen atoms in total. The van der Waals surface area contributed by atoms with Crippen molar-refractivity contribution in [3.63, 3.8) is 0 Å². The van der Waals surface area contributed by atoms with Crippen LogP contribution in [0.4, 0.5) is 18.9 Å². The van der Waals surface area contributed by atoms with E-state index in [1.54, 1.807) is 23.3 Å². The number of halogens is 3. The first-order valence-electron chi connectivity index (χ1n) is 13.1. The summed E-state index contributed by atoms with van der Waals surface area (Å²) in [5.74, 6) is 1.28. The summed E-state index contributed by atoms with van der Waals surface area (Å²) in [6, 6.07) is 8.19.